The molecule has 2 atom stereocenters. The highest BCUT2D eigenvalue weighted by molar-refractivity contribution is 7.99. The number of hydrogen-bond acceptors (Lipinski definition) is 4. The number of carbonyl (C=O) groups is 1. The van der Waals surface area contributed by atoms with Crippen molar-refractivity contribution < 1.29 is 4.79 Å². The van der Waals surface area contributed by atoms with Crippen molar-refractivity contribution in [1.82, 2.24) is 10.3 Å². The predicted octanol–water partition coefficient (Wildman–Crippen LogP) is 3.31. The fraction of sp³-hybridized carbons (Fsp3) is 0.625. The van der Waals surface area contributed by atoms with E-state index in [-0.39, 0.29) is 5.91 Å². The van der Waals surface area contributed by atoms with E-state index < -0.39 is 0 Å². The molecule has 0 bridgehead atoms. The molecule has 0 radical (unpaired) electrons. The Labute approximate surface area is 131 Å². The maximum absolute atomic E-state index is 12.3. The van der Waals surface area contributed by atoms with Crippen molar-refractivity contribution in [1.29, 1.82) is 0 Å². The van der Waals surface area contributed by atoms with Crippen LogP contribution >= 0.6 is 11.8 Å². The topological polar surface area (TPSA) is 54.0 Å². The minimum absolute atomic E-state index is 0.0177. The lowest BCUT2D eigenvalue weighted by molar-refractivity contribution is 0.0938. The molecule has 1 aliphatic carbocycles. The first kappa shape index (κ1) is 16.1. The summed E-state index contributed by atoms with van der Waals surface area (Å²) >= 11 is 2.01. The second kappa shape index (κ2) is 8.27. The van der Waals surface area contributed by atoms with Gasteiger partial charge in [-0.15, -0.1) is 0 Å². The molecule has 0 spiro atoms. The van der Waals surface area contributed by atoms with Crippen LogP contribution in [0.1, 0.15) is 49.9 Å². The maximum Gasteiger partial charge on any atom is 0.251 e. The predicted molar refractivity (Wildman–Crippen MR) is 90.0 cm³/mol. The summed E-state index contributed by atoms with van der Waals surface area (Å²) in [6.07, 6.45) is 6.13. The van der Waals surface area contributed by atoms with Gasteiger partial charge < -0.3 is 10.6 Å². The Morgan fingerprint density at radius 2 is 2.29 bits per heavy atom. The van der Waals surface area contributed by atoms with Gasteiger partial charge in [0, 0.05) is 29.6 Å². The van der Waals surface area contributed by atoms with Crippen molar-refractivity contribution in [2.24, 2.45) is 0 Å². The number of carbonyl (C=O) groups excluding carboxylic acids is 1. The summed E-state index contributed by atoms with van der Waals surface area (Å²) < 4.78 is 0. The van der Waals surface area contributed by atoms with Gasteiger partial charge in [0.2, 0.25) is 0 Å². The van der Waals surface area contributed by atoms with Crippen molar-refractivity contribution in [3.8, 4) is 0 Å². The van der Waals surface area contributed by atoms with E-state index in [0.717, 1.165) is 37.4 Å². The zero-order chi connectivity index (χ0) is 15.1. The van der Waals surface area contributed by atoms with Crippen molar-refractivity contribution in [3.63, 3.8) is 0 Å². The lowest BCUT2D eigenvalue weighted by Gasteiger charge is -2.13. The van der Waals surface area contributed by atoms with E-state index in [1.54, 1.807) is 12.3 Å². The standard InChI is InChI=1S/C16H25N3OS/c1-3-8-17-15-10-12(7-9-18-15)16(20)19-13-5-6-14(11-13)21-4-2/h7,9-10,13-14H,3-6,8,11H2,1-2H3,(H,17,18)(H,19,20). The first-order chi connectivity index (χ1) is 10.2. The van der Waals surface area contributed by atoms with Gasteiger partial charge in [-0.25, -0.2) is 4.98 Å². The third kappa shape index (κ3) is 4.92. The van der Waals surface area contributed by atoms with Gasteiger partial charge in [0.25, 0.3) is 5.91 Å². The third-order valence-electron chi connectivity index (χ3n) is 3.70. The third-order valence-corrected chi connectivity index (χ3v) is 4.93. The quantitative estimate of drug-likeness (QED) is 0.811. The van der Waals surface area contributed by atoms with Gasteiger partial charge in [-0.05, 0) is 43.6 Å². The van der Waals surface area contributed by atoms with Crippen LogP contribution in [0, 0.1) is 0 Å². The summed E-state index contributed by atoms with van der Waals surface area (Å²) in [6, 6.07) is 3.93. The van der Waals surface area contributed by atoms with E-state index >= 15 is 0 Å². The van der Waals surface area contributed by atoms with Crippen molar-refractivity contribution >= 4 is 23.5 Å². The lowest BCUT2D eigenvalue weighted by atomic mass is 10.2. The summed E-state index contributed by atoms with van der Waals surface area (Å²) in [4.78, 5) is 16.6. The maximum atomic E-state index is 12.3. The Bertz CT molecular complexity index is 467. The van der Waals surface area contributed by atoms with E-state index in [9.17, 15) is 4.79 Å². The average molecular weight is 307 g/mol. The second-order valence-corrected chi connectivity index (χ2v) is 6.99. The zero-order valence-corrected chi connectivity index (χ0v) is 13.7. The van der Waals surface area contributed by atoms with Crippen LogP contribution in [0.25, 0.3) is 0 Å². The molecule has 2 N–H and O–H groups in total. The number of hydrogen-bond donors (Lipinski definition) is 2. The van der Waals surface area contributed by atoms with Gasteiger partial charge in [0.1, 0.15) is 5.82 Å². The van der Waals surface area contributed by atoms with Crippen LogP contribution in [0.15, 0.2) is 18.3 Å². The van der Waals surface area contributed by atoms with Gasteiger partial charge in [-0.3, -0.25) is 4.79 Å². The van der Waals surface area contributed by atoms with Crippen molar-refractivity contribution in [2.45, 2.75) is 50.8 Å². The molecule has 1 fully saturated rings. The fourth-order valence-corrected chi connectivity index (χ4v) is 3.79. The van der Waals surface area contributed by atoms with Crippen molar-refractivity contribution in [3.05, 3.63) is 23.9 Å². The molecule has 4 nitrogen and oxygen atoms in total. The largest absolute Gasteiger partial charge is 0.370 e. The molecule has 1 aromatic rings. The lowest BCUT2D eigenvalue weighted by Crippen LogP contribution is -2.33. The Kier molecular flexibility index (Phi) is 6.36. The molecule has 1 saturated carbocycles. The van der Waals surface area contributed by atoms with Crippen LogP contribution in [0.5, 0.6) is 0 Å². The van der Waals surface area contributed by atoms with Crippen LogP contribution in [-0.2, 0) is 0 Å². The number of rotatable bonds is 7. The van der Waals surface area contributed by atoms with Crippen LogP contribution in [-0.4, -0.2) is 34.5 Å². The minimum atomic E-state index is 0.0177. The van der Waals surface area contributed by atoms with E-state index in [1.165, 1.54) is 6.42 Å². The highest BCUT2D eigenvalue weighted by Gasteiger charge is 2.26. The molecule has 5 heteroatoms. The number of thioether (sulfide) groups is 1. The molecule has 1 aliphatic rings. The molecule has 116 valence electrons. The van der Waals surface area contributed by atoms with Crippen LogP contribution < -0.4 is 10.6 Å². The Morgan fingerprint density at radius 3 is 3.05 bits per heavy atom. The molecule has 2 rings (SSSR count). The van der Waals surface area contributed by atoms with Crippen LogP contribution in [0.4, 0.5) is 5.82 Å². The summed E-state index contributed by atoms with van der Waals surface area (Å²) in [7, 11) is 0. The number of aromatic nitrogens is 1. The summed E-state index contributed by atoms with van der Waals surface area (Å²) in [5.41, 5.74) is 0.690. The molecule has 1 heterocycles. The van der Waals surface area contributed by atoms with Gasteiger partial charge in [0.15, 0.2) is 0 Å². The number of nitrogens with zero attached hydrogens (tertiary/aromatic N) is 1. The molecule has 2 unspecified atom stereocenters. The molecule has 0 aliphatic heterocycles. The molecular weight excluding hydrogens is 282 g/mol. The normalized spacial score (nSPS) is 21.2. The van der Waals surface area contributed by atoms with Crippen molar-refractivity contribution in [2.75, 3.05) is 17.6 Å². The van der Waals surface area contributed by atoms with Gasteiger partial charge in [-0.2, -0.15) is 11.8 Å². The molecular formula is C16H25N3OS. The molecule has 21 heavy (non-hydrogen) atoms. The Morgan fingerprint density at radius 1 is 1.43 bits per heavy atom. The van der Waals surface area contributed by atoms with Gasteiger partial charge in [0.05, 0.1) is 0 Å². The highest BCUT2D eigenvalue weighted by Crippen LogP contribution is 2.29. The number of amides is 1. The Balaban J connectivity index is 1.88. The van der Waals surface area contributed by atoms with E-state index in [2.05, 4.69) is 29.5 Å². The van der Waals surface area contributed by atoms with Crippen LogP contribution in [0.2, 0.25) is 0 Å². The minimum Gasteiger partial charge on any atom is -0.370 e. The molecule has 1 aromatic heterocycles. The first-order valence-electron chi connectivity index (χ1n) is 7.85. The number of anilines is 1. The zero-order valence-electron chi connectivity index (χ0n) is 12.9. The van der Waals surface area contributed by atoms with Gasteiger partial charge >= 0.3 is 0 Å². The number of pyridine rings is 1. The summed E-state index contributed by atoms with van der Waals surface area (Å²) in [6.45, 7) is 5.17. The second-order valence-electron chi connectivity index (χ2n) is 5.42. The van der Waals surface area contributed by atoms with Crippen LogP contribution in [0.3, 0.4) is 0 Å². The highest BCUT2D eigenvalue weighted by atomic mass is 32.2. The fourth-order valence-electron chi connectivity index (χ4n) is 2.65. The molecule has 0 aromatic carbocycles. The summed E-state index contributed by atoms with van der Waals surface area (Å²) in [5.74, 6) is 1.95. The molecule has 0 saturated heterocycles. The summed E-state index contributed by atoms with van der Waals surface area (Å²) in [5, 5.41) is 7.08. The van der Waals surface area contributed by atoms with E-state index in [1.807, 2.05) is 17.8 Å². The van der Waals surface area contributed by atoms with E-state index in [4.69, 9.17) is 0 Å². The monoisotopic (exact) mass is 307 g/mol. The average Bonchev–Trinajstić information content (AvgIpc) is 2.93. The van der Waals surface area contributed by atoms with Gasteiger partial charge in [-0.1, -0.05) is 13.8 Å². The smallest absolute Gasteiger partial charge is 0.251 e. The van der Waals surface area contributed by atoms with E-state index in [0.29, 0.717) is 16.9 Å². The molecule has 1 amide bonds. The Hall–Kier alpha value is -1.23. The SMILES string of the molecule is CCCNc1cc(C(=O)NC2CCC(SCC)C2)ccn1. The first-order valence-corrected chi connectivity index (χ1v) is 8.90. The number of nitrogens with one attached hydrogen (secondary N) is 2.